The SMILES string of the molecule is COC(=O)CCCN(C)C(=O)C1(c2ccc(F)cc2)CCC1. The third-order valence-corrected chi connectivity index (χ3v) is 4.46. The smallest absolute Gasteiger partial charge is 0.305 e. The molecule has 0 saturated heterocycles. The van der Waals surface area contributed by atoms with Gasteiger partial charge in [0.25, 0.3) is 0 Å². The summed E-state index contributed by atoms with van der Waals surface area (Å²) in [5.74, 6) is -0.509. The Morgan fingerprint density at radius 2 is 1.91 bits per heavy atom. The fourth-order valence-corrected chi connectivity index (χ4v) is 2.95. The lowest BCUT2D eigenvalue weighted by Gasteiger charge is -2.43. The zero-order chi connectivity index (χ0) is 16.2. The van der Waals surface area contributed by atoms with Crippen molar-refractivity contribution in [1.29, 1.82) is 0 Å². The number of ether oxygens (including phenoxy) is 1. The summed E-state index contributed by atoms with van der Waals surface area (Å²) in [5, 5.41) is 0. The molecule has 1 aromatic carbocycles. The highest BCUT2D eigenvalue weighted by Gasteiger charge is 2.46. The largest absolute Gasteiger partial charge is 0.469 e. The van der Waals surface area contributed by atoms with Crippen molar-refractivity contribution in [3.8, 4) is 0 Å². The number of hydrogen-bond acceptors (Lipinski definition) is 3. The molecule has 0 aromatic heterocycles. The molecule has 0 aliphatic heterocycles. The summed E-state index contributed by atoms with van der Waals surface area (Å²) in [4.78, 5) is 25.6. The molecule has 1 aliphatic rings. The monoisotopic (exact) mass is 307 g/mol. The number of amides is 1. The van der Waals surface area contributed by atoms with Crippen LogP contribution in [-0.4, -0.2) is 37.5 Å². The minimum absolute atomic E-state index is 0.0511. The van der Waals surface area contributed by atoms with Crippen LogP contribution in [-0.2, 0) is 19.7 Å². The Hall–Kier alpha value is -1.91. The van der Waals surface area contributed by atoms with Gasteiger partial charge in [-0.3, -0.25) is 9.59 Å². The van der Waals surface area contributed by atoms with Crippen molar-refractivity contribution in [2.45, 2.75) is 37.5 Å². The van der Waals surface area contributed by atoms with E-state index >= 15 is 0 Å². The van der Waals surface area contributed by atoms with E-state index in [1.54, 1.807) is 24.1 Å². The van der Waals surface area contributed by atoms with Gasteiger partial charge in [-0.15, -0.1) is 0 Å². The Kier molecular flexibility index (Phi) is 5.16. The normalized spacial score (nSPS) is 15.8. The first kappa shape index (κ1) is 16.5. The molecular formula is C17H22FNO3. The van der Waals surface area contributed by atoms with E-state index in [-0.39, 0.29) is 17.7 Å². The molecule has 1 fully saturated rings. The van der Waals surface area contributed by atoms with Gasteiger partial charge in [-0.05, 0) is 37.0 Å². The van der Waals surface area contributed by atoms with Gasteiger partial charge in [0.05, 0.1) is 12.5 Å². The highest BCUT2D eigenvalue weighted by molar-refractivity contribution is 5.89. The number of benzene rings is 1. The summed E-state index contributed by atoms with van der Waals surface area (Å²) in [6.45, 7) is 0.511. The van der Waals surface area contributed by atoms with E-state index in [0.717, 1.165) is 24.8 Å². The van der Waals surface area contributed by atoms with Crippen LogP contribution in [0.1, 0.15) is 37.7 Å². The molecule has 1 saturated carbocycles. The molecule has 0 spiro atoms. The summed E-state index contributed by atoms with van der Waals surface area (Å²) < 4.78 is 17.7. The molecule has 1 aliphatic carbocycles. The Labute approximate surface area is 130 Å². The van der Waals surface area contributed by atoms with Gasteiger partial charge in [-0.1, -0.05) is 18.6 Å². The molecule has 0 bridgehead atoms. The molecule has 4 nitrogen and oxygen atoms in total. The van der Waals surface area contributed by atoms with E-state index in [0.29, 0.717) is 19.4 Å². The Morgan fingerprint density at radius 3 is 2.41 bits per heavy atom. The lowest BCUT2D eigenvalue weighted by Crippen LogP contribution is -2.50. The third-order valence-electron chi connectivity index (χ3n) is 4.46. The molecular weight excluding hydrogens is 285 g/mol. The van der Waals surface area contributed by atoms with Crippen LogP contribution in [0, 0.1) is 5.82 Å². The second-order valence-corrected chi connectivity index (χ2v) is 5.85. The Balaban J connectivity index is 2.02. The number of likely N-dealkylation sites (N-methyl/N-ethyl adjacent to an activating group) is 1. The molecule has 2 rings (SSSR count). The van der Waals surface area contributed by atoms with E-state index in [4.69, 9.17) is 0 Å². The van der Waals surface area contributed by atoms with Crippen molar-refractivity contribution in [1.82, 2.24) is 4.90 Å². The minimum atomic E-state index is -0.520. The number of nitrogens with zero attached hydrogens (tertiary/aromatic N) is 1. The van der Waals surface area contributed by atoms with Gasteiger partial charge in [0.15, 0.2) is 0 Å². The van der Waals surface area contributed by atoms with Gasteiger partial charge in [0.2, 0.25) is 5.91 Å². The molecule has 0 N–H and O–H groups in total. The number of carbonyl (C=O) groups excluding carboxylic acids is 2. The lowest BCUT2D eigenvalue weighted by atomic mass is 9.63. The van der Waals surface area contributed by atoms with Crippen molar-refractivity contribution in [2.24, 2.45) is 0 Å². The van der Waals surface area contributed by atoms with Crippen LogP contribution in [0.15, 0.2) is 24.3 Å². The van der Waals surface area contributed by atoms with Crippen LogP contribution < -0.4 is 0 Å². The van der Waals surface area contributed by atoms with E-state index in [1.165, 1.54) is 19.2 Å². The maximum Gasteiger partial charge on any atom is 0.305 e. The second kappa shape index (κ2) is 6.90. The highest BCUT2D eigenvalue weighted by Crippen LogP contribution is 2.45. The molecule has 0 atom stereocenters. The zero-order valence-electron chi connectivity index (χ0n) is 13.1. The van der Waals surface area contributed by atoms with Crippen LogP contribution in [0.25, 0.3) is 0 Å². The molecule has 0 unspecified atom stereocenters. The van der Waals surface area contributed by atoms with Crippen molar-refractivity contribution in [3.63, 3.8) is 0 Å². The van der Waals surface area contributed by atoms with E-state index in [2.05, 4.69) is 4.74 Å². The van der Waals surface area contributed by atoms with Gasteiger partial charge in [0.1, 0.15) is 5.82 Å². The summed E-state index contributed by atoms with van der Waals surface area (Å²) >= 11 is 0. The fourth-order valence-electron chi connectivity index (χ4n) is 2.95. The summed E-state index contributed by atoms with van der Waals surface area (Å²) in [6, 6.07) is 6.21. The second-order valence-electron chi connectivity index (χ2n) is 5.85. The molecule has 0 heterocycles. The predicted molar refractivity (Wildman–Crippen MR) is 80.8 cm³/mol. The molecule has 120 valence electrons. The number of methoxy groups -OCH3 is 1. The number of halogens is 1. The van der Waals surface area contributed by atoms with Crippen molar-refractivity contribution < 1.29 is 18.7 Å². The van der Waals surface area contributed by atoms with Gasteiger partial charge < -0.3 is 9.64 Å². The maximum atomic E-state index is 13.1. The van der Waals surface area contributed by atoms with Crippen LogP contribution in [0.3, 0.4) is 0 Å². The first-order valence-electron chi connectivity index (χ1n) is 7.58. The summed E-state index contributed by atoms with van der Waals surface area (Å²) in [5.41, 5.74) is 0.359. The van der Waals surface area contributed by atoms with Gasteiger partial charge in [-0.25, -0.2) is 4.39 Å². The van der Waals surface area contributed by atoms with Crippen molar-refractivity contribution in [2.75, 3.05) is 20.7 Å². The fraction of sp³-hybridized carbons (Fsp3) is 0.529. The van der Waals surface area contributed by atoms with Crippen LogP contribution in [0.5, 0.6) is 0 Å². The first-order chi connectivity index (χ1) is 10.5. The van der Waals surface area contributed by atoms with E-state index < -0.39 is 5.41 Å². The van der Waals surface area contributed by atoms with Gasteiger partial charge in [-0.2, -0.15) is 0 Å². The van der Waals surface area contributed by atoms with Crippen LogP contribution >= 0.6 is 0 Å². The van der Waals surface area contributed by atoms with Gasteiger partial charge >= 0.3 is 5.97 Å². The average Bonchev–Trinajstić information content (AvgIpc) is 2.47. The first-order valence-corrected chi connectivity index (χ1v) is 7.58. The highest BCUT2D eigenvalue weighted by atomic mass is 19.1. The maximum absolute atomic E-state index is 13.1. The van der Waals surface area contributed by atoms with Crippen molar-refractivity contribution >= 4 is 11.9 Å². The Bertz CT molecular complexity index is 537. The number of carbonyl (C=O) groups is 2. The number of rotatable bonds is 6. The summed E-state index contributed by atoms with van der Waals surface area (Å²) in [7, 11) is 3.11. The predicted octanol–water partition coefficient (Wildman–Crippen LogP) is 2.66. The molecule has 22 heavy (non-hydrogen) atoms. The Morgan fingerprint density at radius 1 is 1.27 bits per heavy atom. The average molecular weight is 307 g/mol. The molecule has 1 aromatic rings. The standard InChI is InChI=1S/C17H22FNO3/c1-19(12-3-5-15(20)22-2)16(21)17(10-4-11-17)13-6-8-14(18)9-7-13/h6-9H,3-5,10-12H2,1-2H3. The molecule has 1 amide bonds. The van der Waals surface area contributed by atoms with Crippen LogP contribution in [0.4, 0.5) is 4.39 Å². The number of esters is 1. The number of hydrogen-bond donors (Lipinski definition) is 0. The van der Waals surface area contributed by atoms with Gasteiger partial charge in [0, 0.05) is 20.0 Å². The van der Waals surface area contributed by atoms with E-state index in [1.807, 2.05) is 0 Å². The molecule has 5 heteroatoms. The third kappa shape index (κ3) is 3.29. The minimum Gasteiger partial charge on any atom is -0.469 e. The molecule has 0 radical (unpaired) electrons. The topological polar surface area (TPSA) is 46.6 Å². The van der Waals surface area contributed by atoms with Crippen molar-refractivity contribution in [3.05, 3.63) is 35.6 Å². The van der Waals surface area contributed by atoms with E-state index in [9.17, 15) is 14.0 Å². The van der Waals surface area contributed by atoms with Crippen LogP contribution in [0.2, 0.25) is 0 Å². The summed E-state index contributed by atoms with van der Waals surface area (Å²) in [6.07, 6.45) is 3.46. The quantitative estimate of drug-likeness (QED) is 0.759. The lowest BCUT2D eigenvalue weighted by molar-refractivity contribution is -0.142. The zero-order valence-corrected chi connectivity index (χ0v) is 13.1.